The van der Waals surface area contributed by atoms with Crippen molar-refractivity contribution in [1.29, 1.82) is 0 Å². The van der Waals surface area contributed by atoms with Crippen molar-refractivity contribution in [3.63, 3.8) is 0 Å². The zero-order valence-electron chi connectivity index (χ0n) is 15.1. The molecule has 2 heteroatoms. The normalized spacial score (nSPS) is 39.6. The molecule has 1 saturated heterocycles. The van der Waals surface area contributed by atoms with E-state index in [4.69, 9.17) is 0 Å². The van der Waals surface area contributed by atoms with Crippen LogP contribution >= 0.6 is 0 Å². The molecule has 1 aliphatic heterocycles. The second kappa shape index (κ2) is 6.65. The van der Waals surface area contributed by atoms with E-state index < -0.39 is 0 Å². The van der Waals surface area contributed by atoms with Crippen LogP contribution in [0, 0.1) is 17.3 Å². The van der Waals surface area contributed by atoms with Crippen molar-refractivity contribution >= 4 is 0 Å². The highest BCUT2D eigenvalue weighted by molar-refractivity contribution is 5.15. The van der Waals surface area contributed by atoms with Gasteiger partial charge < -0.3 is 9.80 Å². The quantitative estimate of drug-likeness (QED) is 0.406. The minimum Gasteiger partial charge on any atom is -0.325 e. The fourth-order valence-corrected chi connectivity index (χ4v) is 5.68. The molecule has 126 valence electrons. The Morgan fingerprint density at radius 3 is 2.73 bits per heavy atom. The van der Waals surface area contributed by atoms with Crippen LogP contribution in [-0.2, 0) is 0 Å². The van der Waals surface area contributed by atoms with E-state index in [-0.39, 0.29) is 0 Å². The van der Waals surface area contributed by atoms with Gasteiger partial charge in [0.2, 0.25) is 0 Å². The molecule has 1 heterocycles. The highest BCUT2D eigenvalue weighted by Crippen LogP contribution is 2.60. The standard InChI is InChI=1S/C20H37N2/c1-4-19(5-2)21-13-6-7-14-22(3)15-18-10-8-9-17-11-12-20(17,18)16-22/h8-9,17-19,21H,4-7,10-16H2,1-3H3/q+1. The van der Waals surface area contributed by atoms with E-state index in [1.54, 1.807) is 0 Å². The molecular formula is C20H37N2+. The number of nitrogens with zero attached hydrogens (tertiary/aromatic N) is 1. The van der Waals surface area contributed by atoms with Crippen molar-refractivity contribution in [1.82, 2.24) is 5.32 Å². The lowest BCUT2D eigenvalue weighted by atomic mass is 9.53. The van der Waals surface area contributed by atoms with E-state index in [0.29, 0.717) is 0 Å². The fourth-order valence-electron chi connectivity index (χ4n) is 5.68. The number of allylic oxidation sites excluding steroid dienone is 2. The van der Waals surface area contributed by atoms with E-state index in [0.717, 1.165) is 23.3 Å². The lowest BCUT2D eigenvalue weighted by Gasteiger charge is -2.50. The number of quaternary nitrogens is 1. The molecule has 1 N–H and O–H groups in total. The van der Waals surface area contributed by atoms with Crippen LogP contribution in [0.2, 0.25) is 0 Å². The molecule has 0 bridgehead atoms. The van der Waals surface area contributed by atoms with E-state index in [1.165, 1.54) is 75.6 Å². The molecule has 22 heavy (non-hydrogen) atoms. The average molecular weight is 306 g/mol. The molecule has 1 saturated carbocycles. The molecule has 0 radical (unpaired) electrons. The van der Waals surface area contributed by atoms with Crippen molar-refractivity contribution in [2.75, 3.05) is 33.2 Å². The molecular weight excluding hydrogens is 268 g/mol. The van der Waals surface area contributed by atoms with Crippen LogP contribution in [-0.4, -0.2) is 43.8 Å². The Hall–Kier alpha value is -0.340. The zero-order valence-corrected chi connectivity index (χ0v) is 15.1. The number of likely N-dealkylation sites (tertiary alicyclic amines) is 1. The highest BCUT2D eigenvalue weighted by atomic mass is 15.4. The lowest BCUT2D eigenvalue weighted by Crippen LogP contribution is -2.50. The minimum absolute atomic E-state index is 0.720. The summed E-state index contributed by atoms with van der Waals surface area (Å²) in [5.74, 6) is 1.92. The third-order valence-electron chi connectivity index (χ3n) is 7.14. The first kappa shape index (κ1) is 16.5. The monoisotopic (exact) mass is 305 g/mol. The largest absolute Gasteiger partial charge is 0.325 e. The number of rotatable bonds is 8. The molecule has 1 spiro atoms. The molecule has 3 rings (SSSR count). The molecule has 2 fully saturated rings. The highest BCUT2D eigenvalue weighted by Gasteiger charge is 2.61. The summed E-state index contributed by atoms with van der Waals surface area (Å²) in [7, 11) is 2.54. The van der Waals surface area contributed by atoms with Gasteiger partial charge in [-0.25, -0.2) is 0 Å². The van der Waals surface area contributed by atoms with Crippen molar-refractivity contribution < 1.29 is 4.48 Å². The maximum atomic E-state index is 3.72. The Morgan fingerprint density at radius 1 is 1.27 bits per heavy atom. The summed E-state index contributed by atoms with van der Waals surface area (Å²) < 4.78 is 1.35. The number of unbranched alkanes of at least 4 members (excludes halogenated alkanes) is 1. The average Bonchev–Trinajstić information content (AvgIpc) is 2.81. The van der Waals surface area contributed by atoms with Crippen molar-refractivity contribution in [3.05, 3.63) is 12.2 Å². The topological polar surface area (TPSA) is 12.0 Å². The Kier molecular flexibility index (Phi) is 4.99. The second-order valence-corrected chi connectivity index (χ2v) is 8.60. The van der Waals surface area contributed by atoms with Gasteiger partial charge >= 0.3 is 0 Å². The first-order valence-corrected chi connectivity index (χ1v) is 9.85. The molecule has 2 nitrogen and oxygen atoms in total. The van der Waals surface area contributed by atoms with E-state index in [2.05, 4.69) is 38.4 Å². The van der Waals surface area contributed by atoms with Crippen molar-refractivity contribution in [3.8, 4) is 0 Å². The van der Waals surface area contributed by atoms with E-state index in [1.807, 2.05) is 0 Å². The van der Waals surface area contributed by atoms with Crippen LogP contribution in [0.3, 0.4) is 0 Å². The Bertz CT molecular complexity index is 401. The van der Waals surface area contributed by atoms with Crippen LogP contribution < -0.4 is 5.32 Å². The first-order valence-electron chi connectivity index (χ1n) is 9.85. The van der Waals surface area contributed by atoms with Crippen LogP contribution in [0.15, 0.2) is 12.2 Å². The van der Waals surface area contributed by atoms with Crippen molar-refractivity contribution in [2.24, 2.45) is 17.3 Å². The zero-order chi connectivity index (χ0) is 15.6. The lowest BCUT2D eigenvalue weighted by molar-refractivity contribution is -0.902. The molecule has 3 aliphatic rings. The summed E-state index contributed by atoms with van der Waals surface area (Å²) in [5.41, 5.74) is 0.720. The summed E-state index contributed by atoms with van der Waals surface area (Å²) in [5, 5.41) is 3.72. The number of hydrogen-bond acceptors (Lipinski definition) is 1. The molecule has 0 aromatic carbocycles. The third-order valence-corrected chi connectivity index (χ3v) is 7.14. The third kappa shape index (κ3) is 3.01. The van der Waals surface area contributed by atoms with Gasteiger partial charge in [0.15, 0.2) is 0 Å². The number of hydrogen-bond donors (Lipinski definition) is 1. The van der Waals surface area contributed by atoms with Gasteiger partial charge in [0.1, 0.15) is 0 Å². The molecule has 4 unspecified atom stereocenters. The Labute approximate surface area is 137 Å². The molecule has 0 aromatic rings. The Morgan fingerprint density at radius 2 is 2.09 bits per heavy atom. The molecule has 4 atom stereocenters. The first-order chi connectivity index (χ1) is 10.6. The van der Waals surface area contributed by atoms with Gasteiger partial charge in [-0.2, -0.15) is 0 Å². The summed E-state index contributed by atoms with van der Waals surface area (Å²) in [4.78, 5) is 0. The van der Waals surface area contributed by atoms with Gasteiger partial charge in [0.05, 0.1) is 26.7 Å². The predicted octanol–water partition coefficient (Wildman–Crippen LogP) is 3.98. The Balaban J connectivity index is 1.42. The second-order valence-electron chi connectivity index (χ2n) is 8.60. The van der Waals surface area contributed by atoms with Gasteiger partial charge in [-0.05, 0) is 57.4 Å². The smallest absolute Gasteiger partial charge is 0.0852 e. The molecule has 0 amide bonds. The van der Waals surface area contributed by atoms with Crippen LogP contribution in [0.4, 0.5) is 0 Å². The maximum absolute atomic E-state index is 3.72. The van der Waals surface area contributed by atoms with Crippen LogP contribution in [0.25, 0.3) is 0 Å². The van der Waals surface area contributed by atoms with E-state index >= 15 is 0 Å². The molecule has 2 aliphatic carbocycles. The van der Waals surface area contributed by atoms with Gasteiger partial charge in [0, 0.05) is 17.4 Å². The summed E-state index contributed by atoms with van der Waals surface area (Å²) >= 11 is 0. The minimum atomic E-state index is 0.720. The van der Waals surface area contributed by atoms with Crippen molar-refractivity contribution in [2.45, 2.75) is 64.8 Å². The fraction of sp³-hybridized carbons (Fsp3) is 0.900. The SMILES string of the molecule is CCC(CC)NCCCC[N+]1(C)CC2CC=CC3CCC32C1. The summed E-state index contributed by atoms with van der Waals surface area (Å²) in [6.45, 7) is 10.1. The van der Waals surface area contributed by atoms with Crippen LogP contribution in [0.1, 0.15) is 58.8 Å². The maximum Gasteiger partial charge on any atom is 0.0852 e. The summed E-state index contributed by atoms with van der Waals surface area (Å²) in [6, 6.07) is 0.736. The van der Waals surface area contributed by atoms with E-state index in [9.17, 15) is 0 Å². The summed E-state index contributed by atoms with van der Waals surface area (Å²) in [6.07, 6.45) is 14.7. The van der Waals surface area contributed by atoms with Gasteiger partial charge in [-0.15, -0.1) is 0 Å². The number of nitrogens with one attached hydrogen (secondary N) is 1. The van der Waals surface area contributed by atoms with Crippen LogP contribution in [0.5, 0.6) is 0 Å². The van der Waals surface area contributed by atoms with Gasteiger partial charge in [-0.3, -0.25) is 0 Å². The van der Waals surface area contributed by atoms with Gasteiger partial charge in [0.25, 0.3) is 0 Å². The molecule has 0 aromatic heterocycles. The van der Waals surface area contributed by atoms with Gasteiger partial charge in [-0.1, -0.05) is 26.0 Å². The predicted molar refractivity (Wildman–Crippen MR) is 94.8 cm³/mol.